The second-order valence-electron chi connectivity index (χ2n) is 7.26. The lowest BCUT2D eigenvalue weighted by molar-refractivity contribution is -0.125. The molecule has 1 aliphatic rings. The molecule has 4 rings (SSSR count). The Balaban J connectivity index is 1.66. The van der Waals surface area contributed by atoms with Gasteiger partial charge in [0.15, 0.2) is 4.34 Å². The quantitative estimate of drug-likeness (QED) is 0.397. The number of rotatable bonds is 7. The Hall–Kier alpha value is -2.91. The van der Waals surface area contributed by atoms with Crippen molar-refractivity contribution in [2.45, 2.75) is 30.1 Å². The number of hydrogen-bond donors (Lipinski definition) is 1. The minimum atomic E-state index is -0.428. The molecule has 9 heteroatoms. The summed E-state index contributed by atoms with van der Waals surface area (Å²) in [5, 5.41) is 11.6. The lowest BCUT2D eigenvalue weighted by atomic mass is 9.83. The van der Waals surface area contributed by atoms with Crippen molar-refractivity contribution in [2.75, 3.05) is 23.1 Å². The maximum atomic E-state index is 13.4. The highest BCUT2D eigenvalue weighted by Crippen LogP contribution is 2.41. The van der Waals surface area contributed by atoms with Crippen molar-refractivity contribution in [2.24, 2.45) is 5.92 Å². The topological polar surface area (TPSA) is 84.4 Å². The highest BCUT2D eigenvalue weighted by atomic mass is 32.2. The predicted octanol–water partition coefficient (Wildman–Crippen LogP) is 4.78. The summed E-state index contributed by atoms with van der Waals surface area (Å²) in [5.74, 6) is 1.00. The largest absolute Gasteiger partial charge is 0.497 e. The van der Waals surface area contributed by atoms with E-state index in [1.54, 1.807) is 23.8 Å². The average molecular weight is 469 g/mol. The highest BCUT2D eigenvalue weighted by molar-refractivity contribution is 8.01. The number of carbonyl (C=O) groups excluding carboxylic acids is 2. The van der Waals surface area contributed by atoms with Crippen LogP contribution in [0.25, 0.3) is 0 Å². The number of nitrogens with zero attached hydrogens (tertiary/aromatic N) is 3. The highest BCUT2D eigenvalue weighted by Gasteiger charge is 2.41. The number of thioether (sulfide) groups is 1. The zero-order valence-electron chi connectivity index (χ0n) is 17.9. The molecule has 0 spiro atoms. The summed E-state index contributed by atoms with van der Waals surface area (Å²) in [5.41, 5.74) is 1.65. The van der Waals surface area contributed by atoms with Crippen molar-refractivity contribution in [1.29, 1.82) is 0 Å². The molecule has 2 heterocycles. The fourth-order valence-electron chi connectivity index (χ4n) is 3.89. The molecule has 0 unspecified atom stereocenters. The van der Waals surface area contributed by atoms with Gasteiger partial charge in [-0.3, -0.25) is 9.59 Å². The molecule has 1 aromatic heterocycles. The van der Waals surface area contributed by atoms with E-state index >= 15 is 0 Å². The Bertz CT molecular complexity index is 1070. The van der Waals surface area contributed by atoms with E-state index in [0.29, 0.717) is 23.7 Å². The van der Waals surface area contributed by atoms with Crippen molar-refractivity contribution in [3.8, 4) is 5.75 Å². The number of carbonyl (C=O) groups is 2. The third kappa shape index (κ3) is 4.78. The smallest absolute Gasteiger partial charge is 0.231 e. The second-order valence-corrected chi connectivity index (χ2v) is 9.75. The Labute approximate surface area is 195 Å². The van der Waals surface area contributed by atoms with E-state index in [9.17, 15) is 9.59 Å². The number of piperidine rings is 1. The van der Waals surface area contributed by atoms with E-state index in [4.69, 9.17) is 4.74 Å². The second kappa shape index (κ2) is 10.1. The molecule has 2 aromatic carbocycles. The third-order valence-electron chi connectivity index (χ3n) is 5.33. The van der Waals surface area contributed by atoms with E-state index < -0.39 is 12.0 Å². The molecule has 0 bridgehead atoms. The average Bonchev–Trinajstić information content (AvgIpc) is 3.26. The monoisotopic (exact) mass is 468 g/mol. The minimum absolute atomic E-state index is 0.00869. The van der Waals surface area contributed by atoms with Crippen molar-refractivity contribution in [3.05, 3.63) is 60.2 Å². The van der Waals surface area contributed by atoms with Crippen LogP contribution in [-0.4, -0.2) is 34.9 Å². The number of benzene rings is 2. The number of methoxy groups -OCH3 is 1. The normalized spacial score (nSPS) is 18.4. The van der Waals surface area contributed by atoms with Gasteiger partial charge in [-0.25, -0.2) is 0 Å². The number of nitrogens with one attached hydrogen (secondary N) is 1. The molecule has 7 nitrogen and oxygen atoms in total. The van der Waals surface area contributed by atoms with Crippen LogP contribution < -0.4 is 15.0 Å². The van der Waals surface area contributed by atoms with Crippen LogP contribution in [0.2, 0.25) is 0 Å². The van der Waals surface area contributed by atoms with Crippen LogP contribution in [0.4, 0.5) is 10.8 Å². The van der Waals surface area contributed by atoms with Gasteiger partial charge in [-0.2, -0.15) is 0 Å². The van der Waals surface area contributed by atoms with E-state index in [-0.39, 0.29) is 11.8 Å². The lowest BCUT2D eigenvalue weighted by Crippen LogP contribution is -2.46. The van der Waals surface area contributed by atoms with E-state index in [2.05, 4.69) is 15.5 Å². The molecule has 166 valence electrons. The van der Waals surface area contributed by atoms with Crippen LogP contribution in [0.3, 0.4) is 0 Å². The summed E-state index contributed by atoms with van der Waals surface area (Å²) in [4.78, 5) is 28.2. The lowest BCUT2D eigenvalue weighted by Gasteiger charge is -2.40. The van der Waals surface area contributed by atoms with Crippen LogP contribution in [0.15, 0.2) is 58.9 Å². The maximum absolute atomic E-state index is 13.4. The summed E-state index contributed by atoms with van der Waals surface area (Å²) in [6.07, 6.45) is 0.757. The van der Waals surface area contributed by atoms with Crippen molar-refractivity contribution in [3.63, 3.8) is 0 Å². The maximum Gasteiger partial charge on any atom is 0.231 e. The van der Waals surface area contributed by atoms with Gasteiger partial charge >= 0.3 is 0 Å². The van der Waals surface area contributed by atoms with E-state index in [1.807, 2.05) is 61.5 Å². The molecule has 0 radical (unpaired) electrons. The SMILES string of the molecule is CCSc1nnc(NC(=O)[C@H]2CCC(=O)N(c3ccc(OC)cc3)[C@@H]2c2ccccc2)s1. The van der Waals surface area contributed by atoms with Gasteiger partial charge in [-0.05, 0) is 42.0 Å². The summed E-state index contributed by atoms with van der Waals surface area (Å²) in [7, 11) is 1.60. The minimum Gasteiger partial charge on any atom is -0.497 e. The fourth-order valence-corrected chi connectivity index (χ4v) is 5.54. The summed E-state index contributed by atoms with van der Waals surface area (Å²) < 4.78 is 6.08. The summed E-state index contributed by atoms with van der Waals surface area (Å²) >= 11 is 2.95. The van der Waals surface area contributed by atoms with Gasteiger partial charge in [0.25, 0.3) is 0 Å². The van der Waals surface area contributed by atoms with Gasteiger partial charge in [0, 0.05) is 12.1 Å². The molecular formula is C23H24N4O3S2. The van der Waals surface area contributed by atoms with Crippen molar-refractivity contribution in [1.82, 2.24) is 10.2 Å². The van der Waals surface area contributed by atoms with Crippen molar-refractivity contribution >= 4 is 45.7 Å². The van der Waals surface area contributed by atoms with Gasteiger partial charge in [0.2, 0.25) is 16.9 Å². The van der Waals surface area contributed by atoms with Gasteiger partial charge < -0.3 is 15.0 Å². The Morgan fingerprint density at radius 2 is 1.94 bits per heavy atom. The summed E-state index contributed by atoms with van der Waals surface area (Å²) in [6.45, 7) is 2.04. The molecule has 1 aliphatic heterocycles. The van der Waals surface area contributed by atoms with Crippen LogP contribution in [-0.2, 0) is 9.59 Å². The zero-order valence-corrected chi connectivity index (χ0v) is 19.5. The Morgan fingerprint density at radius 3 is 2.62 bits per heavy atom. The molecule has 0 saturated carbocycles. The first-order chi connectivity index (χ1) is 15.6. The Kier molecular flexibility index (Phi) is 7.06. The molecular weight excluding hydrogens is 444 g/mol. The number of aromatic nitrogens is 2. The zero-order chi connectivity index (χ0) is 22.5. The first-order valence-corrected chi connectivity index (χ1v) is 12.2. The van der Waals surface area contributed by atoms with Gasteiger partial charge in [0.05, 0.1) is 19.1 Å². The molecule has 0 aliphatic carbocycles. The van der Waals surface area contributed by atoms with Crippen LogP contribution in [0.5, 0.6) is 5.75 Å². The Morgan fingerprint density at radius 1 is 1.19 bits per heavy atom. The van der Waals surface area contributed by atoms with Crippen molar-refractivity contribution < 1.29 is 14.3 Å². The summed E-state index contributed by atoms with van der Waals surface area (Å²) in [6, 6.07) is 16.6. The van der Waals surface area contributed by atoms with E-state index in [0.717, 1.165) is 21.3 Å². The van der Waals surface area contributed by atoms with Crippen LogP contribution in [0.1, 0.15) is 31.4 Å². The van der Waals surface area contributed by atoms with Crippen LogP contribution in [0, 0.1) is 5.92 Å². The van der Waals surface area contributed by atoms with Crippen LogP contribution >= 0.6 is 23.1 Å². The standard InChI is InChI=1S/C23H24N4O3S2/c1-3-31-23-26-25-22(32-23)24-21(29)18-13-14-19(28)27(16-9-11-17(30-2)12-10-16)20(18)15-7-5-4-6-8-15/h4-12,18,20H,3,13-14H2,1-2H3,(H,24,25,29)/t18-,20+/m0/s1. The molecule has 32 heavy (non-hydrogen) atoms. The number of ether oxygens (including phenoxy) is 1. The first-order valence-electron chi connectivity index (χ1n) is 10.4. The number of amides is 2. The number of anilines is 2. The van der Waals surface area contributed by atoms with Gasteiger partial charge in [0.1, 0.15) is 5.75 Å². The van der Waals surface area contributed by atoms with Gasteiger partial charge in [-0.1, -0.05) is 60.4 Å². The molecule has 2 atom stereocenters. The van der Waals surface area contributed by atoms with Gasteiger partial charge in [-0.15, -0.1) is 10.2 Å². The predicted molar refractivity (Wildman–Crippen MR) is 127 cm³/mol. The molecule has 1 saturated heterocycles. The molecule has 3 aromatic rings. The fraction of sp³-hybridized carbons (Fsp3) is 0.304. The van der Waals surface area contributed by atoms with E-state index in [1.165, 1.54) is 11.3 Å². The number of hydrogen-bond acceptors (Lipinski definition) is 7. The first kappa shape index (κ1) is 22.3. The third-order valence-corrected chi connectivity index (χ3v) is 7.18. The molecule has 1 N–H and O–H groups in total. The molecule has 2 amide bonds. The molecule has 1 fully saturated rings.